The Kier molecular flexibility index (Phi) is 7.21. The van der Waals surface area contributed by atoms with Crippen LogP contribution in [0.3, 0.4) is 0 Å². The third-order valence-electron chi connectivity index (χ3n) is 4.91. The molecule has 0 radical (unpaired) electrons. The van der Waals surface area contributed by atoms with E-state index in [9.17, 15) is 19.2 Å². The maximum Gasteiger partial charge on any atom is 0.409 e. The third kappa shape index (κ3) is 6.05. The van der Waals surface area contributed by atoms with Gasteiger partial charge in [-0.2, -0.15) is 0 Å². The van der Waals surface area contributed by atoms with Crippen LogP contribution in [0.2, 0.25) is 0 Å². The van der Waals surface area contributed by atoms with E-state index in [1.165, 1.54) is 7.11 Å². The van der Waals surface area contributed by atoms with Crippen LogP contribution >= 0.6 is 0 Å². The summed E-state index contributed by atoms with van der Waals surface area (Å²) in [6.07, 6.45) is 0.682. The average Bonchev–Trinajstić information content (AvgIpc) is 2.80. The molecule has 1 aliphatic heterocycles. The molecule has 0 atom stereocenters. The monoisotopic (exact) mass is 424 g/mol. The van der Waals surface area contributed by atoms with Gasteiger partial charge in [0.1, 0.15) is 0 Å². The van der Waals surface area contributed by atoms with Crippen molar-refractivity contribution in [1.29, 1.82) is 0 Å². The first-order valence-electron chi connectivity index (χ1n) is 9.87. The SMILES string of the molecule is COC(=O)N1CCC(NC(=O)C(=O)Nc2ccc(C(=O)Nc3ccccc3)cc2)CC1. The summed E-state index contributed by atoms with van der Waals surface area (Å²) in [5.41, 5.74) is 1.50. The van der Waals surface area contributed by atoms with Crippen molar-refractivity contribution in [1.82, 2.24) is 10.2 Å². The van der Waals surface area contributed by atoms with Crippen LogP contribution in [-0.4, -0.2) is 55.0 Å². The second kappa shape index (κ2) is 10.2. The van der Waals surface area contributed by atoms with Gasteiger partial charge in [0.05, 0.1) is 7.11 Å². The van der Waals surface area contributed by atoms with Crippen molar-refractivity contribution in [2.45, 2.75) is 18.9 Å². The molecule has 162 valence electrons. The highest BCUT2D eigenvalue weighted by molar-refractivity contribution is 6.39. The number of amides is 4. The molecule has 2 aromatic rings. The van der Waals surface area contributed by atoms with Gasteiger partial charge in [0.2, 0.25) is 0 Å². The zero-order valence-corrected chi connectivity index (χ0v) is 17.1. The normalized spacial score (nSPS) is 13.8. The fraction of sp³-hybridized carbons (Fsp3) is 0.273. The summed E-state index contributed by atoms with van der Waals surface area (Å²) in [5.74, 6) is -1.82. The standard InChI is InChI=1S/C22H24N4O5/c1-31-22(30)26-13-11-18(12-14-26)25-21(29)20(28)24-17-9-7-15(8-10-17)19(27)23-16-5-3-2-4-6-16/h2-10,18H,11-14H2,1H3,(H,23,27)(H,24,28)(H,25,29). The number of benzene rings is 2. The largest absolute Gasteiger partial charge is 0.453 e. The third-order valence-corrected chi connectivity index (χ3v) is 4.91. The minimum absolute atomic E-state index is 0.191. The molecule has 1 saturated heterocycles. The fourth-order valence-corrected chi connectivity index (χ4v) is 3.20. The molecule has 0 spiro atoms. The van der Waals surface area contributed by atoms with Gasteiger partial charge in [-0.1, -0.05) is 18.2 Å². The smallest absolute Gasteiger partial charge is 0.409 e. The number of rotatable bonds is 4. The number of carbonyl (C=O) groups is 4. The van der Waals surface area contributed by atoms with E-state index in [1.807, 2.05) is 18.2 Å². The van der Waals surface area contributed by atoms with Gasteiger partial charge in [0.25, 0.3) is 5.91 Å². The van der Waals surface area contributed by atoms with Gasteiger partial charge in [-0.05, 0) is 49.2 Å². The van der Waals surface area contributed by atoms with Crippen LogP contribution in [0.25, 0.3) is 0 Å². The van der Waals surface area contributed by atoms with Crippen molar-refractivity contribution < 1.29 is 23.9 Å². The molecule has 31 heavy (non-hydrogen) atoms. The summed E-state index contributed by atoms with van der Waals surface area (Å²) in [7, 11) is 1.32. The van der Waals surface area contributed by atoms with Crippen molar-refractivity contribution in [2.24, 2.45) is 0 Å². The summed E-state index contributed by atoms with van der Waals surface area (Å²) in [6, 6.07) is 15.1. The van der Waals surface area contributed by atoms with E-state index < -0.39 is 17.9 Å². The van der Waals surface area contributed by atoms with Gasteiger partial charge in [0.15, 0.2) is 0 Å². The number of para-hydroxylation sites is 1. The lowest BCUT2D eigenvalue weighted by molar-refractivity contribution is -0.136. The fourth-order valence-electron chi connectivity index (χ4n) is 3.20. The van der Waals surface area contributed by atoms with Crippen LogP contribution < -0.4 is 16.0 Å². The second-order valence-corrected chi connectivity index (χ2v) is 7.06. The molecule has 1 aliphatic rings. The number of piperidine rings is 1. The summed E-state index contributed by atoms with van der Waals surface area (Å²) in [6.45, 7) is 0.900. The number of anilines is 2. The lowest BCUT2D eigenvalue weighted by Crippen LogP contribution is -2.48. The summed E-state index contributed by atoms with van der Waals surface area (Å²) in [5, 5.41) is 7.97. The van der Waals surface area contributed by atoms with Crippen LogP contribution in [-0.2, 0) is 14.3 Å². The molecule has 3 N–H and O–H groups in total. The Morgan fingerprint density at radius 2 is 1.45 bits per heavy atom. The van der Waals surface area contributed by atoms with E-state index in [0.717, 1.165) is 0 Å². The Labute approximate surface area is 179 Å². The Morgan fingerprint density at radius 1 is 0.839 bits per heavy atom. The van der Waals surface area contributed by atoms with E-state index in [2.05, 4.69) is 20.7 Å². The van der Waals surface area contributed by atoms with Crippen LogP contribution in [0.4, 0.5) is 16.2 Å². The van der Waals surface area contributed by atoms with Crippen LogP contribution in [0.5, 0.6) is 0 Å². The van der Waals surface area contributed by atoms with Crippen LogP contribution in [0, 0.1) is 0 Å². The summed E-state index contributed by atoms with van der Waals surface area (Å²) < 4.78 is 4.67. The lowest BCUT2D eigenvalue weighted by Gasteiger charge is -2.31. The molecule has 2 aromatic carbocycles. The Hall–Kier alpha value is -3.88. The Balaban J connectivity index is 1.47. The highest BCUT2D eigenvalue weighted by atomic mass is 16.5. The molecule has 9 heteroatoms. The second-order valence-electron chi connectivity index (χ2n) is 7.06. The molecule has 0 aromatic heterocycles. The average molecular weight is 424 g/mol. The van der Waals surface area contributed by atoms with Crippen molar-refractivity contribution in [3.63, 3.8) is 0 Å². The Morgan fingerprint density at radius 3 is 2.06 bits per heavy atom. The predicted octanol–water partition coefficient (Wildman–Crippen LogP) is 2.22. The number of nitrogens with zero attached hydrogens (tertiary/aromatic N) is 1. The molecule has 4 amide bonds. The van der Waals surface area contributed by atoms with Gasteiger partial charge in [-0.15, -0.1) is 0 Å². The Bertz CT molecular complexity index is 938. The van der Waals surface area contributed by atoms with E-state index in [-0.39, 0.29) is 11.9 Å². The number of methoxy groups -OCH3 is 1. The van der Waals surface area contributed by atoms with Crippen molar-refractivity contribution in [3.8, 4) is 0 Å². The van der Waals surface area contributed by atoms with Gasteiger partial charge in [-0.25, -0.2) is 4.79 Å². The van der Waals surface area contributed by atoms with E-state index >= 15 is 0 Å². The minimum Gasteiger partial charge on any atom is -0.453 e. The highest BCUT2D eigenvalue weighted by Crippen LogP contribution is 2.14. The van der Waals surface area contributed by atoms with Crippen molar-refractivity contribution in [3.05, 3.63) is 60.2 Å². The summed E-state index contributed by atoms with van der Waals surface area (Å²) >= 11 is 0. The molecule has 3 rings (SSSR count). The van der Waals surface area contributed by atoms with Crippen LogP contribution in [0.15, 0.2) is 54.6 Å². The minimum atomic E-state index is -0.795. The van der Waals surface area contributed by atoms with Crippen molar-refractivity contribution >= 4 is 35.2 Å². The molecular weight excluding hydrogens is 400 g/mol. The molecule has 0 aliphatic carbocycles. The first kappa shape index (κ1) is 21.8. The molecule has 1 heterocycles. The van der Waals surface area contributed by atoms with Gasteiger partial charge < -0.3 is 25.6 Å². The van der Waals surface area contributed by atoms with Gasteiger partial charge in [0, 0.05) is 36.1 Å². The zero-order valence-electron chi connectivity index (χ0n) is 17.1. The quantitative estimate of drug-likeness (QED) is 0.651. The van der Waals surface area contributed by atoms with Crippen LogP contribution in [0.1, 0.15) is 23.2 Å². The van der Waals surface area contributed by atoms with Crippen molar-refractivity contribution in [2.75, 3.05) is 30.8 Å². The highest BCUT2D eigenvalue weighted by Gasteiger charge is 2.26. The number of likely N-dealkylation sites (tertiary alicyclic amines) is 1. The predicted molar refractivity (Wildman–Crippen MR) is 115 cm³/mol. The molecule has 0 unspecified atom stereocenters. The maximum atomic E-state index is 12.3. The first-order valence-corrected chi connectivity index (χ1v) is 9.87. The van der Waals surface area contributed by atoms with Gasteiger partial charge in [-0.3, -0.25) is 14.4 Å². The van der Waals surface area contributed by atoms with E-state index in [1.54, 1.807) is 41.3 Å². The molecule has 0 saturated carbocycles. The van der Waals surface area contributed by atoms with E-state index in [0.29, 0.717) is 42.9 Å². The zero-order chi connectivity index (χ0) is 22.2. The first-order chi connectivity index (χ1) is 15.0. The molecule has 9 nitrogen and oxygen atoms in total. The summed E-state index contributed by atoms with van der Waals surface area (Å²) in [4.78, 5) is 49.7. The molecular formula is C22H24N4O5. The number of carbonyl (C=O) groups excluding carboxylic acids is 4. The topological polar surface area (TPSA) is 117 Å². The maximum absolute atomic E-state index is 12.3. The van der Waals surface area contributed by atoms with E-state index in [4.69, 9.17) is 0 Å². The number of hydrogen-bond acceptors (Lipinski definition) is 5. The lowest BCUT2D eigenvalue weighted by atomic mass is 10.1. The number of hydrogen-bond donors (Lipinski definition) is 3. The number of ether oxygens (including phenoxy) is 1. The van der Waals surface area contributed by atoms with Gasteiger partial charge >= 0.3 is 17.9 Å². The molecule has 0 bridgehead atoms. The number of nitrogens with one attached hydrogen (secondary N) is 3. The molecule has 1 fully saturated rings.